The molecule has 0 saturated carbocycles. The monoisotopic (exact) mass is 341 g/mol. The second kappa shape index (κ2) is 5.47. The summed E-state index contributed by atoms with van der Waals surface area (Å²) in [7, 11) is 0. The maximum Gasteiger partial charge on any atom is 0.331 e. The van der Waals surface area contributed by atoms with Gasteiger partial charge < -0.3 is 9.73 Å². The summed E-state index contributed by atoms with van der Waals surface area (Å²) in [5, 5.41) is 3.51. The van der Waals surface area contributed by atoms with Crippen LogP contribution in [0.3, 0.4) is 0 Å². The molecule has 4 rings (SSSR count). The van der Waals surface area contributed by atoms with Crippen molar-refractivity contribution in [3.63, 3.8) is 0 Å². The molecule has 1 aromatic heterocycles. The fourth-order valence-electron chi connectivity index (χ4n) is 3.29. The normalized spacial score (nSPS) is 17.0. The fraction of sp³-hybridized carbons (Fsp3) is 0.500. The molecule has 7 heteroatoms. The maximum absolute atomic E-state index is 13.0. The number of nitrogens with one attached hydrogen (secondary N) is 1. The lowest BCUT2D eigenvalue weighted by molar-refractivity contribution is 0.327. The van der Waals surface area contributed by atoms with Gasteiger partial charge in [-0.15, -0.1) is 0 Å². The first kappa shape index (κ1) is 15.9. The Morgan fingerprint density at radius 2 is 2.16 bits per heavy atom. The zero-order valence-electron chi connectivity index (χ0n) is 15.0. The first-order valence-corrected chi connectivity index (χ1v) is 8.70. The number of anilines is 1. The minimum atomic E-state index is -0.0257. The molecule has 4 heterocycles. The van der Waals surface area contributed by atoms with Gasteiger partial charge in [0.25, 0.3) is 0 Å². The van der Waals surface area contributed by atoms with Gasteiger partial charge in [0.15, 0.2) is 11.6 Å². The summed E-state index contributed by atoms with van der Waals surface area (Å²) in [6.45, 7) is 9.84. The number of fused-ring (bicyclic) bond motifs is 3. The highest BCUT2D eigenvalue weighted by molar-refractivity contribution is 5.73. The quantitative estimate of drug-likeness (QED) is 0.792. The number of rotatable bonds is 3. The van der Waals surface area contributed by atoms with Crippen molar-refractivity contribution in [1.82, 2.24) is 19.1 Å². The Bertz CT molecular complexity index is 930. The number of hydrogen-bond donors (Lipinski definition) is 1. The fourth-order valence-corrected chi connectivity index (χ4v) is 3.29. The Morgan fingerprint density at radius 3 is 2.80 bits per heavy atom. The average Bonchev–Trinajstić information content (AvgIpc) is 3.27. The lowest BCUT2D eigenvalue weighted by Crippen LogP contribution is -2.35. The zero-order chi connectivity index (χ0) is 17.8. The Labute approximate surface area is 146 Å². The van der Waals surface area contributed by atoms with E-state index < -0.39 is 0 Å². The van der Waals surface area contributed by atoms with Crippen molar-refractivity contribution in [3.05, 3.63) is 29.1 Å². The predicted octanol–water partition coefficient (Wildman–Crippen LogP) is 3.05. The van der Waals surface area contributed by atoms with E-state index in [9.17, 15) is 4.79 Å². The van der Waals surface area contributed by atoms with Gasteiger partial charge >= 0.3 is 5.69 Å². The van der Waals surface area contributed by atoms with E-state index >= 15 is 0 Å². The van der Waals surface area contributed by atoms with Gasteiger partial charge in [0.1, 0.15) is 17.8 Å². The molecule has 0 spiro atoms. The van der Waals surface area contributed by atoms with E-state index in [1.165, 1.54) is 0 Å². The van der Waals surface area contributed by atoms with E-state index in [4.69, 9.17) is 9.40 Å². The van der Waals surface area contributed by atoms with Gasteiger partial charge in [0.05, 0.1) is 17.9 Å². The van der Waals surface area contributed by atoms with Crippen molar-refractivity contribution in [2.24, 2.45) is 5.41 Å². The molecule has 0 aromatic carbocycles. The van der Waals surface area contributed by atoms with Crippen LogP contribution in [0.5, 0.6) is 0 Å². The van der Waals surface area contributed by atoms with Gasteiger partial charge in [-0.05, 0) is 17.9 Å². The molecular formula is C18H23N5O2. The molecule has 0 saturated heterocycles. The first-order valence-electron chi connectivity index (χ1n) is 8.70. The van der Waals surface area contributed by atoms with Crippen molar-refractivity contribution in [1.29, 1.82) is 0 Å². The van der Waals surface area contributed by atoms with Crippen LogP contribution in [0.15, 0.2) is 27.8 Å². The largest absolute Gasteiger partial charge is 0.472 e. The van der Waals surface area contributed by atoms with Gasteiger partial charge in [0, 0.05) is 13.1 Å². The van der Waals surface area contributed by atoms with Crippen molar-refractivity contribution in [2.45, 2.75) is 53.2 Å². The smallest absolute Gasteiger partial charge is 0.331 e. The molecule has 3 aliphatic rings. The highest BCUT2D eigenvalue weighted by Gasteiger charge is 2.36. The number of imidazole rings is 1. The van der Waals surface area contributed by atoms with Gasteiger partial charge in [-0.2, -0.15) is 0 Å². The molecule has 0 radical (unpaired) electrons. The summed E-state index contributed by atoms with van der Waals surface area (Å²) in [6, 6.07) is 2.00. The van der Waals surface area contributed by atoms with Crippen LogP contribution in [0.1, 0.15) is 34.1 Å². The van der Waals surface area contributed by atoms with Crippen LogP contribution in [0, 0.1) is 5.41 Å². The molecule has 0 aliphatic carbocycles. The predicted molar refractivity (Wildman–Crippen MR) is 95.8 cm³/mol. The van der Waals surface area contributed by atoms with E-state index in [1.807, 2.05) is 10.6 Å². The van der Waals surface area contributed by atoms with Gasteiger partial charge in [-0.25, -0.2) is 14.8 Å². The van der Waals surface area contributed by atoms with Gasteiger partial charge in [-0.3, -0.25) is 9.13 Å². The third-order valence-electron chi connectivity index (χ3n) is 4.80. The molecule has 0 amide bonds. The standard InChI is InChI=1S/C18H23N5O2/c1-5-7-22-16-13(20-14(21-16)11-6-8-25-10-11)15-19-12(18(2,3)4)9-23(15)17(22)24/h6,8,10,12,19H,5,7,9H2,1-4H3/t12-/m1/s1. The number of aromatic nitrogens is 4. The molecule has 25 heavy (non-hydrogen) atoms. The van der Waals surface area contributed by atoms with Crippen molar-refractivity contribution < 1.29 is 4.42 Å². The summed E-state index contributed by atoms with van der Waals surface area (Å²) in [6.07, 6.45) is 4.08. The molecule has 1 aromatic rings. The summed E-state index contributed by atoms with van der Waals surface area (Å²) < 4.78 is 8.70. The molecule has 0 bridgehead atoms. The molecular weight excluding hydrogens is 318 g/mol. The van der Waals surface area contributed by atoms with E-state index in [0.717, 1.165) is 23.5 Å². The van der Waals surface area contributed by atoms with E-state index in [2.05, 4.69) is 38.0 Å². The Hall–Kier alpha value is -2.57. The Morgan fingerprint density at radius 1 is 1.36 bits per heavy atom. The lowest BCUT2D eigenvalue weighted by atomic mass is 9.87. The van der Waals surface area contributed by atoms with Crippen LogP contribution in [-0.4, -0.2) is 25.1 Å². The summed E-state index contributed by atoms with van der Waals surface area (Å²) in [5.74, 6) is 1.99. The van der Waals surface area contributed by atoms with Crippen LogP contribution in [0.25, 0.3) is 22.9 Å². The van der Waals surface area contributed by atoms with Crippen LogP contribution < -0.4 is 11.0 Å². The summed E-state index contributed by atoms with van der Waals surface area (Å²) >= 11 is 0. The second-order valence-electron chi connectivity index (χ2n) is 7.69. The lowest BCUT2D eigenvalue weighted by Gasteiger charge is -2.26. The average molecular weight is 341 g/mol. The minimum absolute atomic E-state index is 0.0257. The third kappa shape index (κ3) is 2.45. The first-order chi connectivity index (χ1) is 11.9. The van der Waals surface area contributed by atoms with E-state index in [1.54, 1.807) is 17.1 Å². The zero-order valence-corrected chi connectivity index (χ0v) is 15.0. The third-order valence-corrected chi connectivity index (χ3v) is 4.80. The molecule has 0 fully saturated rings. The molecule has 132 valence electrons. The van der Waals surface area contributed by atoms with Gasteiger partial charge in [-0.1, -0.05) is 27.7 Å². The van der Waals surface area contributed by atoms with E-state index in [-0.39, 0.29) is 17.1 Å². The maximum atomic E-state index is 13.0. The Balaban J connectivity index is 1.93. The van der Waals surface area contributed by atoms with E-state index in [0.29, 0.717) is 24.7 Å². The minimum Gasteiger partial charge on any atom is -0.472 e. The number of furan rings is 1. The second-order valence-corrected chi connectivity index (χ2v) is 7.69. The SMILES string of the molecule is CCCn1c2nc(-c3ccoc3)nc-2c2n(c1=O)C[C@H](C(C)(C)C)N2. The van der Waals surface area contributed by atoms with Crippen molar-refractivity contribution in [3.8, 4) is 22.9 Å². The molecule has 3 aliphatic heterocycles. The van der Waals surface area contributed by atoms with Gasteiger partial charge in [0.2, 0.25) is 0 Å². The number of hydrogen-bond acceptors (Lipinski definition) is 5. The van der Waals surface area contributed by atoms with Crippen LogP contribution in [-0.2, 0) is 13.1 Å². The topological polar surface area (TPSA) is 77.9 Å². The summed E-state index contributed by atoms with van der Waals surface area (Å²) in [4.78, 5) is 22.4. The van der Waals surface area contributed by atoms with Crippen LogP contribution in [0.2, 0.25) is 0 Å². The highest BCUT2D eigenvalue weighted by Crippen LogP contribution is 2.36. The number of nitrogens with zero attached hydrogens (tertiary/aromatic N) is 4. The molecule has 1 N–H and O–H groups in total. The van der Waals surface area contributed by atoms with Crippen molar-refractivity contribution in [2.75, 3.05) is 5.32 Å². The van der Waals surface area contributed by atoms with Crippen LogP contribution >= 0.6 is 0 Å². The summed E-state index contributed by atoms with van der Waals surface area (Å²) in [5.41, 5.74) is 1.57. The molecule has 1 atom stereocenters. The molecule has 7 nitrogen and oxygen atoms in total. The Kier molecular flexibility index (Phi) is 3.49. The molecule has 0 unspecified atom stereocenters. The highest BCUT2D eigenvalue weighted by atomic mass is 16.3. The van der Waals surface area contributed by atoms with Crippen molar-refractivity contribution >= 4 is 5.82 Å². The van der Waals surface area contributed by atoms with Crippen LogP contribution in [0.4, 0.5) is 5.82 Å².